The number of hydrogen-bond acceptors (Lipinski definition) is 4. The van der Waals surface area contributed by atoms with Gasteiger partial charge in [0.2, 0.25) is 0 Å². The molecular formula is C28H24Cl2IN3O3. The van der Waals surface area contributed by atoms with E-state index in [1.807, 2.05) is 56.3 Å². The Morgan fingerprint density at radius 1 is 1.05 bits per heavy atom. The molecule has 0 bridgehead atoms. The summed E-state index contributed by atoms with van der Waals surface area (Å²) in [5.74, 6) is 1.06. The Hall–Kier alpha value is -3.01. The molecule has 0 aliphatic heterocycles. The van der Waals surface area contributed by atoms with Crippen molar-refractivity contribution < 1.29 is 14.3 Å². The third-order valence-electron chi connectivity index (χ3n) is 5.76. The molecule has 1 amide bonds. The van der Waals surface area contributed by atoms with E-state index < -0.39 is 0 Å². The summed E-state index contributed by atoms with van der Waals surface area (Å²) in [6.45, 7) is 4.37. The zero-order valence-corrected chi connectivity index (χ0v) is 24.1. The number of amides is 1. The number of carbonyl (C=O) groups is 1. The molecular weight excluding hydrogens is 624 g/mol. The summed E-state index contributed by atoms with van der Waals surface area (Å²) in [5, 5.41) is 5.33. The second-order valence-electron chi connectivity index (χ2n) is 8.23. The van der Waals surface area contributed by atoms with Crippen LogP contribution in [0, 0.1) is 17.4 Å². The predicted octanol–water partition coefficient (Wildman–Crippen LogP) is 7.36. The molecule has 4 rings (SSSR count). The first-order valence-electron chi connectivity index (χ1n) is 11.3. The summed E-state index contributed by atoms with van der Waals surface area (Å²) < 4.78 is 14.2. The Morgan fingerprint density at radius 3 is 2.51 bits per heavy atom. The molecule has 9 heteroatoms. The van der Waals surface area contributed by atoms with Crippen molar-refractivity contribution in [3.8, 4) is 17.2 Å². The Balaban J connectivity index is 1.43. The molecule has 0 saturated carbocycles. The first-order valence-corrected chi connectivity index (χ1v) is 13.1. The lowest BCUT2D eigenvalue weighted by Gasteiger charge is -2.12. The normalized spacial score (nSPS) is 11.1. The highest BCUT2D eigenvalue weighted by molar-refractivity contribution is 14.1. The van der Waals surface area contributed by atoms with Crippen LogP contribution in [0.25, 0.3) is 5.69 Å². The van der Waals surface area contributed by atoms with Gasteiger partial charge in [-0.15, -0.1) is 0 Å². The number of halogens is 3. The SMILES string of the molecule is COc1cc(C(=O)N/N=C\c2cc(C)n(-c3ccc(OCc4ccc(Cl)cc4Cl)cc3)c2C)ccc1I. The monoisotopic (exact) mass is 647 g/mol. The van der Waals surface area contributed by atoms with Crippen LogP contribution in [0.4, 0.5) is 0 Å². The summed E-state index contributed by atoms with van der Waals surface area (Å²) in [5.41, 5.74) is 7.84. The molecule has 0 radical (unpaired) electrons. The van der Waals surface area contributed by atoms with Crippen molar-refractivity contribution in [1.29, 1.82) is 0 Å². The minimum atomic E-state index is -0.310. The average Bonchev–Trinajstić information content (AvgIpc) is 3.16. The van der Waals surface area contributed by atoms with E-state index in [2.05, 4.69) is 37.7 Å². The lowest BCUT2D eigenvalue weighted by atomic mass is 10.2. The quantitative estimate of drug-likeness (QED) is 0.124. The van der Waals surface area contributed by atoms with Crippen molar-refractivity contribution >= 4 is 57.9 Å². The van der Waals surface area contributed by atoms with Gasteiger partial charge in [-0.2, -0.15) is 5.10 Å². The van der Waals surface area contributed by atoms with Gasteiger partial charge in [0.25, 0.3) is 5.91 Å². The van der Waals surface area contributed by atoms with E-state index in [4.69, 9.17) is 32.7 Å². The van der Waals surface area contributed by atoms with Crippen LogP contribution < -0.4 is 14.9 Å². The molecule has 3 aromatic carbocycles. The third kappa shape index (κ3) is 6.47. The molecule has 4 aromatic rings. The number of hydrogen-bond donors (Lipinski definition) is 1. The summed E-state index contributed by atoms with van der Waals surface area (Å²) in [6.07, 6.45) is 1.65. The van der Waals surface area contributed by atoms with Crippen LogP contribution in [0.2, 0.25) is 10.0 Å². The number of methoxy groups -OCH3 is 1. The summed E-state index contributed by atoms with van der Waals surface area (Å²) in [7, 11) is 1.57. The number of nitrogens with zero attached hydrogens (tertiary/aromatic N) is 2. The van der Waals surface area contributed by atoms with Crippen LogP contribution >= 0.6 is 45.8 Å². The largest absolute Gasteiger partial charge is 0.496 e. The van der Waals surface area contributed by atoms with Gasteiger partial charge in [-0.1, -0.05) is 29.3 Å². The highest BCUT2D eigenvalue weighted by atomic mass is 127. The molecule has 0 fully saturated rings. The Labute approximate surface area is 239 Å². The first-order chi connectivity index (χ1) is 17.8. The fourth-order valence-electron chi connectivity index (χ4n) is 3.83. The van der Waals surface area contributed by atoms with Gasteiger partial charge < -0.3 is 14.0 Å². The van der Waals surface area contributed by atoms with E-state index in [-0.39, 0.29) is 5.91 Å². The molecule has 37 heavy (non-hydrogen) atoms. The van der Waals surface area contributed by atoms with E-state index in [0.717, 1.165) is 37.5 Å². The van der Waals surface area contributed by atoms with Gasteiger partial charge in [0, 0.05) is 43.8 Å². The van der Waals surface area contributed by atoms with E-state index in [0.29, 0.717) is 28.0 Å². The van der Waals surface area contributed by atoms with Crippen LogP contribution in [0.5, 0.6) is 11.5 Å². The Kier molecular flexibility index (Phi) is 8.79. The highest BCUT2D eigenvalue weighted by Gasteiger charge is 2.11. The van der Waals surface area contributed by atoms with Crippen LogP contribution in [-0.4, -0.2) is 23.8 Å². The zero-order valence-electron chi connectivity index (χ0n) is 20.4. The zero-order chi connectivity index (χ0) is 26.5. The van der Waals surface area contributed by atoms with Gasteiger partial charge in [-0.3, -0.25) is 4.79 Å². The number of hydrazone groups is 1. The van der Waals surface area contributed by atoms with Crippen molar-refractivity contribution in [2.45, 2.75) is 20.5 Å². The summed E-state index contributed by atoms with van der Waals surface area (Å²) in [4.78, 5) is 12.5. The maximum absolute atomic E-state index is 12.5. The molecule has 190 valence electrons. The van der Waals surface area contributed by atoms with Crippen LogP contribution in [0.3, 0.4) is 0 Å². The van der Waals surface area contributed by atoms with Crippen molar-refractivity contribution in [2.24, 2.45) is 5.10 Å². The number of benzene rings is 3. The van der Waals surface area contributed by atoms with Crippen LogP contribution in [0.1, 0.15) is 32.9 Å². The van der Waals surface area contributed by atoms with Gasteiger partial charge in [0.05, 0.1) is 16.9 Å². The number of aryl methyl sites for hydroxylation is 1. The second-order valence-corrected chi connectivity index (χ2v) is 10.2. The van der Waals surface area contributed by atoms with Gasteiger partial charge in [-0.25, -0.2) is 5.43 Å². The minimum Gasteiger partial charge on any atom is -0.496 e. The molecule has 1 aromatic heterocycles. The average molecular weight is 648 g/mol. The van der Waals surface area contributed by atoms with Gasteiger partial charge in [0.1, 0.15) is 18.1 Å². The van der Waals surface area contributed by atoms with Crippen LogP contribution in [0.15, 0.2) is 71.8 Å². The number of nitrogens with one attached hydrogen (secondary N) is 1. The summed E-state index contributed by atoms with van der Waals surface area (Å²) >= 11 is 14.4. The topological polar surface area (TPSA) is 64.8 Å². The molecule has 0 unspecified atom stereocenters. The van der Waals surface area contributed by atoms with Crippen molar-refractivity contribution in [3.05, 3.63) is 108 Å². The highest BCUT2D eigenvalue weighted by Crippen LogP contribution is 2.25. The van der Waals surface area contributed by atoms with E-state index in [9.17, 15) is 4.79 Å². The van der Waals surface area contributed by atoms with Crippen molar-refractivity contribution in [1.82, 2.24) is 9.99 Å². The van der Waals surface area contributed by atoms with E-state index >= 15 is 0 Å². The van der Waals surface area contributed by atoms with Gasteiger partial charge in [-0.05, 0) is 97.1 Å². The fraction of sp³-hybridized carbons (Fsp3) is 0.143. The minimum absolute atomic E-state index is 0.310. The Morgan fingerprint density at radius 2 is 1.81 bits per heavy atom. The number of ether oxygens (including phenoxy) is 2. The van der Waals surface area contributed by atoms with Crippen LogP contribution in [-0.2, 0) is 6.61 Å². The van der Waals surface area contributed by atoms with Crippen molar-refractivity contribution in [3.63, 3.8) is 0 Å². The number of carbonyl (C=O) groups excluding carboxylic acids is 1. The van der Waals surface area contributed by atoms with E-state index in [1.165, 1.54) is 0 Å². The molecule has 0 atom stereocenters. The molecule has 0 aliphatic carbocycles. The lowest BCUT2D eigenvalue weighted by Crippen LogP contribution is -2.17. The maximum atomic E-state index is 12.5. The van der Waals surface area contributed by atoms with E-state index in [1.54, 1.807) is 37.6 Å². The summed E-state index contributed by atoms with van der Waals surface area (Å²) in [6, 6.07) is 20.4. The molecule has 0 saturated heterocycles. The second kappa shape index (κ2) is 12.0. The predicted molar refractivity (Wildman–Crippen MR) is 157 cm³/mol. The smallest absolute Gasteiger partial charge is 0.271 e. The standard InChI is InChI=1S/C28H24Cl2IN3O3/c1-17-12-21(15-32-33-28(35)19-5-11-26(31)27(13-19)36-3)18(2)34(17)23-7-9-24(10-8-23)37-16-20-4-6-22(29)14-25(20)30/h4-15H,16H2,1-3H3,(H,33,35)/b32-15-. The first kappa shape index (κ1) is 27.0. The third-order valence-corrected chi connectivity index (χ3v) is 7.24. The molecule has 0 aliphatic rings. The van der Waals surface area contributed by atoms with Gasteiger partial charge in [0.15, 0.2) is 0 Å². The molecule has 0 spiro atoms. The molecule has 1 heterocycles. The molecule has 1 N–H and O–H groups in total. The fourth-order valence-corrected chi connectivity index (χ4v) is 4.85. The molecule has 6 nitrogen and oxygen atoms in total. The van der Waals surface area contributed by atoms with Gasteiger partial charge >= 0.3 is 0 Å². The number of rotatable bonds is 8. The maximum Gasteiger partial charge on any atom is 0.271 e. The lowest BCUT2D eigenvalue weighted by molar-refractivity contribution is 0.0954. The van der Waals surface area contributed by atoms with Crippen molar-refractivity contribution in [2.75, 3.05) is 7.11 Å². The number of aromatic nitrogens is 1. The Bertz CT molecular complexity index is 1470.